The molecule has 0 aromatic carbocycles. The molecule has 0 saturated carbocycles. The highest BCUT2D eigenvalue weighted by molar-refractivity contribution is 5.83. The lowest BCUT2D eigenvalue weighted by atomic mass is 9.96. The number of piperidine rings is 1. The van der Waals surface area contributed by atoms with E-state index >= 15 is 0 Å². The molecule has 1 aliphatic rings. The van der Waals surface area contributed by atoms with Crippen LogP contribution >= 0.6 is 0 Å². The average Bonchev–Trinajstić information content (AvgIpc) is 3.31. The third kappa shape index (κ3) is 3.58. The van der Waals surface area contributed by atoms with Gasteiger partial charge in [0, 0.05) is 37.6 Å². The molecule has 8 heteroatoms. The Bertz CT molecular complexity index is 978. The van der Waals surface area contributed by atoms with E-state index in [0.29, 0.717) is 12.5 Å². The molecule has 3 aromatic rings. The van der Waals surface area contributed by atoms with Gasteiger partial charge in [-0.2, -0.15) is 0 Å². The van der Waals surface area contributed by atoms with Gasteiger partial charge in [0.1, 0.15) is 17.8 Å². The van der Waals surface area contributed by atoms with Gasteiger partial charge < -0.3 is 14.6 Å². The van der Waals surface area contributed by atoms with Crippen molar-refractivity contribution in [3.8, 4) is 0 Å². The molecule has 0 spiro atoms. The third-order valence-electron chi connectivity index (χ3n) is 5.52. The normalized spacial score (nSPS) is 18.4. The zero-order valence-corrected chi connectivity index (χ0v) is 16.6. The molecule has 4 heterocycles. The van der Waals surface area contributed by atoms with Crippen molar-refractivity contribution < 1.29 is 9.21 Å². The number of anilines is 1. The van der Waals surface area contributed by atoms with E-state index in [4.69, 9.17) is 4.42 Å². The Labute approximate surface area is 164 Å². The summed E-state index contributed by atoms with van der Waals surface area (Å²) in [6.45, 7) is 8.18. The molecule has 1 N–H and O–H groups in total. The third-order valence-corrected chi connectivity index (χ3v) is 5.52. The fourth-order valence-corrected chi connectivity index (χ4v) is 4.01. The molecule has 4 rings (SSSR count). The van der Waals surface area contributed by atoms with Gasteiger partial charge >= 0.3 is 0 Å². The first-order valence-electron chi connectivity index (χ1n) is 9.77. The van der Waals surface area contributed by atoms with Gasteiger partial charge in [0.05, 0.1) is 5.92 Å². The van der Waals surface area contributed by atoms with Gasteiger partial charge in [0.25, 0.3) is 0 Å². The summed E-state index contributed by atoms with van der Waals surface area (Å²) < 4.78 is 7.44. The van der Waals surface area contributed by atoms with Crippen molar-refractivity contribution in [3.63, 3.8) is 0 Å². The lowest BCUT2D eigenvalue weighted by Crippen LogP contribution is -2.42. The second kappa shape index (κ2) is 7.61. The van der Waals surface area contributed by atoms with Gasteiger partial charge in [-0.3, -0.25) is 9.20 Å². The molecule has 1 fully saturated rings. The molecule has 0 unspecified atom stereocenters. The van der Waals surface area contributed by atoms with Crippen molar-refractivity contribution in [1.82, 2.24) is 24.9 Å². The van der Waals surface area contributed by atoms with Gasteiger partial charge in [-0.15, -0.1) is 10.2 Å². The van der Waals surface area contributed by atoms with Gasteiger partial charge in [-0.05, 0) is 45.6 Å². The molecule has 1 saturated heterocycles. The van der Waals surface area contributed by atoms with Gasteiger partial charge in [0.15, 0.2) is 5.82 Å². The Balaban J connectivity index is 1.38. The van der Waals surface area contributed by atoms with Crippen LogP contribution in [0.2, 0.25) is 0 Å². The SMILES string of the molecule is Cc1cc([C@@H](C)C(=O)NC[C@@H]2CCCN(c3nccn4cnnc34)C2)c(C)o1. The van der Waals surface area contributed by atoms with Crippen LogP contribution in [0, 0.1) is 19.8 Å². The van der Waals surface area contributed by atoms with Crippen molar-refractivity contribution in [2.24, 2.45) is 5.92 Å². The number of nitrogens with zero attached hydrogens (tertiary/aromatic N) is 5. The highest BCUT2D eigenvalue weighted by Gasteiger charge is 2.25. The Kier molecular flexibility index (Phi) is 5.02. The van der Waals surface area contributed by atoms with Crippen LogP contribution in [-0.4, -0.2) is 45.1 Å². The van der Waals surface area contributed by atoms with E-state index in [2.05, 4.69) is 25.4 Å². The van der Waals surface area contributed by atoms with Crippen molar-refractivity contribution >= 4 is 17.4 Å². The molecule has 2 atom stereocenters. The van der Waals surface area contributed by atoms with Crippen LogP contribution in [-0.2, 0) is 4.79 Å². The predicted molar refractivity (Wildman–Crippen MR) is 105 cm³/mol. The highest BCUT2D eigenvalue weighted by atomic mass is 16.3. The Morgan fingerprint density at radius 3 is 3.07 bits per heavy atom. The smallest absolute Gasteiger partial charge is 0.227 e. The summed E-state index contributed by atoms with van der Waals surface area (Å²) in [5, 5.41) is 11.3. The Morgan fingerprint density at radius 2 is 2.29 bits per heavy atom. The molecule has 3 aromatic heterocycles. The number of hydrogen-bond donors (Lipinski definition) is 1. The summed E-state index contributed by atoms with van der Waals surface area (Å²) in [5.41, 5.74) is 1.73. The molecule has 1 aliphatic heterocycles. The van der Waals surface area contributed by atoms with E-state index in [1.807, 2.05) is 37.4 Å². The van der Waals surface area contributed by atoms with Crippen molar-refractivity contribution in [1.29, 1.82) is 0 Å². The second-order valence-corrected chi connectivity index (χ2v) is 7.60. The van der Waals surface area contributed by atoms with Crippen LogP contribution in [0.25, 0.3) is 5.65 Å². The fourth-order valence-electron chi connectivity index (χ4n) is 4.01. The number of carbonyl (C=O) groups is 1. The number of carbonyl (C=O) groups excluding carboxylic acids is 1. The zero-order chi connectivity index (χ0) is 19.7. The summed E-state index contributed by atoms with van der Waals surface area (Å²) in [4.78, 5) is 19.4. The van der Waals surface area contributed by atoms with Crippen LogP contribution in [0.3, 0.4) is 0 Å². The number of aromatic nitrogens is 4. The van der Waals surface area contributed by atoms with E-state index in [1.165, 1.54) is 0 Å². The molecule has 28 heavy (non-hydrogen) atoms. The largest absolute Gasteiger partial charge is 0.466 e. The van der Waals surface area contributed by atoms with Gasteiger partial charge in [0.2, 0.25) is 11.6 Å². The first-order chi connectivity index (χ1) is 13.5. The summed E-state index contributed by atoms with van der Waals surface area (Å²) in [5.74, 6) is 2.71. The molecular formula is C20H26N6O2. The van der Waals surface area contributed by atoms with E-state index in [1.54, 1.807) is 12.5 Å². The maximum absolute atomic E-state index is 12.6. The number of fused-ring (bicyclic) bond motifs is 1. The van der Waals surface area contributed by atoms with Crippen LogP contribution in [0.4, 0.5) is 5.82 Å². The van der Waals surface area contributed by atoms with E-state index in [0.717, 1.165) is 54.5 Å². The van der Waals surface area contributed by atoms with E-state index in [-0.39, 0.29) is 11.8 Å². The molecule has 0 aliphatic carbocycles. The quantitative estimate of drug-likeness (QED) is 0.729. The molecular weight excluding hydrogens is 356 g/mol. The monoisotopic (exact) mass is 382 g/mol. The predicted octanol–water partition coefficient (Wildman–Crippen LogP) is 2.47. The standard InChI is InChI=1S/C20H26N6O2/c1-13-9-17(15(3)28-13)14(2)20(27)22-10-16-5-4-7-25(11-16)18-19-24-23-12-26(19)8-6-21-18/h6,8-9,12,14,16H,4-5,7,10-11H2,1-3H3,(H,22,27)/t14-,16+/m1/s1. The highest BCUT2D eigenvalue weighted by Crippen LogP contribution is 2.25. The number of hydrogen-bond acceptors (Lipinski definition) is 6. The van der Waals surface area contributed by atoms with Gasteiger partial charge in [-0.1, -0.05) is 0 Å². The molecule has 8 nitrogen and oxygen atoms in total. The number of aryl methyl sites for hydroxylation is 2. The molecule has 1 amide bonds. The maximum Gasteiger partial charge on any atom is 0.227 e. The maximum atomic E-state index is 12.6. The summed E-state index contributed by atoms with van der Waals surface area (Å²) >= 11 is 0. The average molecular weight is 382 g/mol. The minimum atomic E-state index is -0.219. The topological polar surface area (TPSA) is 88.6 Å². The van der Waals surface area contributed by atoms with Crippen LogP contribution in [0.1, 0.15) is 42.8 Å². The summed E-state index contributed by atoms with van der Waals surface area (Å²) in [6, 6.07) is 1.95. The first-order valence-corrected chi connectivity index (χ1v) is 9.77. The van der Waals surface area contributed by atoms with Crippen molar-refractivity contribution in [2.45, 2.75) is 39.5 Å². The fraction of sp³-hybridized carbons (Fsp3) is 0.500. The minimum Gasteiger partial charge on any atom is -0.466 e. The van der Waals surface area contributed by atoms with Crippen LogP contribution in [0.5, 0.6) is 0 Å². The lowest BCUT2D eigenvalue weighted by Gasteiger charge is -2.33. The molecule has 0 radical (unpaired) electrons. The van der Waals surface area contributed by atoms with E-state index < -0.39 is 0 Å². The van der Waals surface area contributed by atoms with Crippen LogP contribution in [0.15, 0.2) is 29.2 Å². The number of furan rings is 1. The van der Waals surface area contributed by atoms with E-state index in [9.17, 15) is 4.79 Å². The van der Waals surface area contributed by atoms with Crippen molar-refractivity contribution in [2.75, 3.05) is 24.5 Å². The number of amides is 1. The zero-order valence-electron chi connectivity index (χ0n) is 16.6. The summed E-state index contributed by atoms with van der Waals surface area (Å²) in [6.07, 6.45) is 7.45. The molecule has 0 bridgehead atoms. The lowest BCUT2D eigenvalue weighted by molar-refractivity contribution is -0.122. The van der Waals surface area contributed by atoms with Gasteiger partial charge in [-0.25, -0.2) is 4.98 Å². The first kappa shape index (κ1) is 18.5. The molecule has 148 valence electrons. The Morgan fingerprint density at radius 1 is 1.43 bits per heavy atom. The minimum absolute atomic E-state index is 0.0405. The number of nitrogens with one attached hydrogen (secondary N) is 1. The van der Waals surface area contributed by atoms with Crippen molar-refractivity contribution in [3.05, 3.63) is 41.9 Å². The Hall–Kier alpha value is -2.90. The number of rotatable bonds is 5. The summed E-state index contributed by atoms with van der Waals surface area (Å²) in [7, 11) is 0. The second-order valence-electron chi connectivity index (χ2n) is 7.60. The van der Waals surface area contributed by atoms with Crippen LogP contribution < -0.4 is 10.2 Å².